The lowest BCUT2D eigenvalue weighted by molar-refractivity contribution is 0.294. The first kappa shape index (κ1) is 12.1. The van der Waals surface area contributed by atoms with Crippen LogP contribution in [0.25, 0.3) is 0 Å². The van der Waals surface area contributed by atoms with Crippen LogP contribution in [-0.4, -0.2) is 9.97 Å². The van der Waals surface area contributed by atoms with Crippen molar-refractivity contribution < 1.29 is 4.74 Å². The van der Waals surface area contributed by atoms with Gasteiger partial charge in [-0.15, -0.1) is 0 Å². The van der Waals surface area contributed by atoms with E-state index >= 15 is 0 Å². The molecule has 4 nitrogen and oxygen atoms in total. The third-order valence-electron chi connectivity index (χ3n) is 2.06. The molecule has 0 fully saturated rings. The first-order chi connectivity index (χ1) is 8.16. The Morgan fingerprint density at radius 1 is 1.35 bits per heavy atom. The zero-order valence-corrected chi connectivity index (χ0v) is 11.1. The van der Waals surface area contributed by atoms with Gasteiger partial charge in [0.25, 0.3) is 5.88 Å². The zero-order valence-electron chi connectivity index (χ0n) is 8.73. The predicted octanol–water partition coefficient (Wildman–Crippen LogP) is 3.05. The number of halogens is 2. The summed E-state index contributed by atoms with van der Waals surface area (Å²) in [6.45, 7) is 0.301. The quantitative estimate of drug-likeness (QED) is 0.946. The summed E-state index contributed by atoms with van der Waals surface area (Å²) >= 11 is 9.21. The van der Waals surface area contributed by atoms with Crippen molar-refractivity contribution in [2.45, 2.75) is 6.61 Å². The second-order valence-electron chi connectivity index (χ2n) is 3.26. The van der Waals surface area contributed by atoms with E-state index in [-0.39, 0.29) is 5.82 Å². The van der Waals surface area contributed by atoms with Gasteiger partial charge in [-0.3, -0.25) is 0 Å². The van der Waals surface area contributed by atoms with Crippen molar-refractivity contribution in [2.24, 2.45) is 0 Å². The largest absolute Gasteiger partial charge is 0.470 e. The number of anilines is 1. The first-order valence-electron chi connectivity index (χ1n) is 4.81. The average Bonchev–Trinajstić information content (AvgIpc) is 2.32. The molecular formula is C11H9BrClN3O. The Balaban J connectivity index is 2.12. The molecule has 0 unspecified atom stereocenters. The Hall–Kier alpha value is -1.33. The highest BCUT2D eigenvalue weighted by Gasteiger charge is 2.06. The van der Waals surface area contributed by atoms with Crippen LogP contribution in [0.2, 0.25) is 5.02 Å². The molecule has 0 bridgehead atoms. The van der Waals surface area contributed by atoms with E-state index in [0.717, 1.165) is 5.56 Å². The van der Waals surface area contributed by atoms with E-state index in [1.165, 1.54) is 6.20 Å². The summed E-state index contributed by atoms with van der Waals surface area (Å²) in [6, 6.07) is 7.43. The van der Waals surface area contributed by atoms with Gasteiger partial charge in [0.1, 0.15) is 11.2 Å². The van der Waals surface area contributed by atoms with Crippen LogP contribution in [0.1, 0.15) is 5.56 Å². The first-order valence-corrected chi connectivity index (χ1v) is 5.98. The third-order valence-corrected chi connectivity index (χ3v) is 2.81. The molecule has 0 aliphatic rings. The van der Waals surface area contributed by atoms with Crippen LogP contribution in [0.15, 0.2) is 35.1 Å². The second-order valence-corrected chi connectivity index (χ2v) is 4.48. The van der Waals surface area contributed by atoms with Gasteiger partial charge in [0, 0.05) is 10.6 Å². The Labute approximate surface area is 112 Å². The minimum atomic E-state index is 0.250. The van der Waals surface area contributed by atoms with Crippen molar-refractivity contribution in [2.75, 3.05) is 5.73 Å². The fourth-order valence-electron chi connectivity index (χ4n) is 1.23. The number of rotatable bonds is 3. The van der Waals surface area contributed by atoms with Gasteiger partial charge >= 0.3 is 0 Å². The van der Waals surface area contributed by atoms with E-state index in [1.807, 2.05) is 18.2 Å². The Kier molecular flexibility index (Phi) is 3.81. The number of nitrogens with zero attached hydrogens (tertiary/aromatic N) is 2. The molecule has 1 heterocycles. The van der Waals surface area contributed by atoms with E-state index in [0.29, 0.717) is 22.1 Å². The van der Waals surface area contributed by atoms with E-state index in [9.17, 15) is 0 Å². The molecular weight excluding hydrogens is 305 g/mol. The van der Waals surface area contributed by atoms with Gasteiger partial charge in [0.05, 0.1) is 6.20 Å². The molecule has 0 spiro atoms. The van der Waals surface area contributed by atoms with Crippen molar-refractivity contribution in [1.82, 2.24) is 9.97 Å². The maximum atomic E-state index is 6.00. The lowest BCUT2D eigenvalue weighted by Crippen LogP contribution is -2.03. The number of ether oxygens (including phenoxy) is 1. The van der Waals surface area contributed by atoms with Crippen LogP contribution in [0.4, 0.5) is 5.82 Å². The molecule has 0 atom stereocenters. The van der Waals surface area contributed by atoms with Gasteiger partial charge in [-0.05, 0) is 22.0 Å². The smallest absolute Gasteiger partial charge is 0.258 e. The molecule has 2 aromatic rings. The second kappa shape index (κ2) is 5.33. The van der Waals surface area contributed by atoms with E-state index in [4.69, 9.17) is 22.1 Å². The van der Waals surface area contributed by atoms with Gasteiger partial charge in [-0.1, -0.05) is 29.8 Å². The van der Waals surface area contributed by atoms with Gasteiger partial charge in [0.15, 0.2) is 5.82 Å². The number of hydrogen-bond donors (Lipinski definition) is 1. The normalized spacial score (nSPS) is 10.2. The Morgan fingerprint density at radius 3 is 2.88 bits per heavy atom. The summed E-state index contributed by atoms with van der Waals surface area (Å²) in [6.07, 6.45) is 1.51. The fraction of sp³-hybridized carbons (Fsp3) is 0.0909. The van der Waals surface area contributed by atoms with Crippen molar-refractivity contribution in [3.05, 3.63) is 45.7 Å². The van der Waals surface area contributed by atoms with Crippen molar-refractivity contribution in [1.29, 1.82) is 0 Å². The Bertz CT molecular complexity index is 536. The van der Waals surface area contributed by atoms with Gasteiger partial charge < -0.3 is 10.5 Å². The molecule has 2 rings (SSSR count). The van der Waals surface area contributed by atoms with Crippen LogP contribution >= 0.6 is 27.5 Å². The number of benzene rings is 1. The van der Waals surface area contributed by atoms with Crippen LogP contribution in [0.5, 0.6) is 5.88 Å². The minimum Gasteiger partial charge on any atom is -0.470 e. The molecule has 0 saturated carbocycles. The summed E-state index contributed by atoms with van der Waals surface area (Å²) in [5.74, 6) is 0.541. The highest BCUT2D eigenvalue weighted by Crippen LogP contribution is 2.21. The van der Waals surface area contributed by atoms with Gasteiger partial charge in [-0.25, -0.2) is 9.97 Å². The van der Waals surface area contributed by atoms with Gasteiger partial charge in [0.2, 0.25) is 0 Å². The molecule has 0 saturated heterocycles. The molecule has 6 heteroatoms. The van der Waals surface area contributed by atoms with Crippen molar-refractivity contribution in [3.63, 3.8) is 0 Å². The lowest BCUT2D eigenvalue weighted by atomic mass is 10.2. The van der Waals surface area contributed by atoms with Crippen molar-refractivity contribution >= 4 is 33.3 Å². The van der Waals surface area contributed by atoms with Crippen LogP contribution in [0.3, 0.4) is 0 Å². The Morgan fingerprint density at radius 2 is 2.12 bits per heavy atom. The number of hydrogen-bond acceptors (Lipinski definition) is 4. The molecule has 0 radical (unpaired) electrons. The molecule has 2 N–H and O–H groups in total. The summed E-state index contributed by atoms with van der Waals surface area (Å²) in [4.78, 5) is 8.01. The molecule has 1 aromatic heterocycles. The molecule has 0 amide bonds. The summed E-state index contributed by atoms with van der Waals surface area (Å²) < 4.78 is 6.04. The SMILES string of the molecule is Nc1ncc(Br)nc1OCc1ccccc1Cl. The maximum Gasteiger partial charge on any atom is 0.258 e. The minimum absolute atomic E-state index is 0.250. The highest BCUT2D eigenvalue weighted by atomic mass is 79.9. The topological polar surface area (TPSA) is 61.0 Å². The lowest BCUT2D eigenvalue weighted by Gasteiger charge is -2.08. The number of nitrogen functional groups attached to an aromatic ring is 1. The van der Waals surface area contributed by atoms with E-state index in [1.54, 1.807) is 6.07 Å². The third kappa shape index (κ3) is 3.08. The van der Waals surface area contributed by atoms with E-state index in [2.05, 4.69) is 25.9 Å². The standard InChI is InChI=1S/C11H9BrClN3O/c12-9-5-15-10(14)11(16-9)17-6-7-3-1-2-4-8(7)13/h1-5H,6H2,(H2,14,15). The molecule has 1 aromatic carbocycles. The average molecular weight is 315 g/mol. The summed E-state index contributed by atoms with van der Waals surface area (Å²) in [5, 5.41) is 0.647. The molecule has 88 valence electrons. The van der Waals surface area contributed by atoms with E-state index < -0.39 is 0 Å². The van der Waals surface area contributed by atoms with Crippen LogP contribution in [-0.2, 0) is 6.61 Å². The fourth-order valence-corrected chi connectivity index (χ4v) is 1.68. The summed E-state index contributed by atoms with van der Waals surface area (Å²) in [5.41, 5.74) is 6.51. The monoisotopic (exact) mass is 313 g/mol. The van der Waals surface area contributed by atoms with Crippen LogP contribution < -0.4 is 10.5 Å². The highest BCUT2D eigenvalue weighted by molar-refractivity contribution is 9.10. The predicted molar refractivity (Wildman–Crippen MR) is 69.9 cm³/mol. The summed E-state index contributed by atoms with van der Waals surface area (Å²) in [7, 11) is 0. The molecule has 0 aliphatic heterocycles. The molecule has 0 aliphatic carbocycles. The number of nitrogens with two attached hydrogens (primary N) is 1. The number of aromatic nitrogens is 2. The van der Waals surface area contributed by atoms with Crippen molar-refractivity contribution in [3.8, 4) is 5.88 Å². The molecule has 17 heavy (non-hydrogen) atoms. The maximum absolute atomic E-state index is 6.00. The van der Waals surface area contributed by atoms with Gasteiger partial charge in [-0.2, -0.15) is 0 Å². The zero-order chi connectivity index (χ0) is 12.3. The van der Waals surface area contributed by atoms with Crippen LogP contribution in [0, 0.1) is 0 Å².